The van der Waals surface area contributed by atoms with Gasteiger partial charge in [0.15, 0.2) is 5.78 Å². The SMILES string of the molecule is COc1ccc(C(C)=O)cc1NC(=O)c1cccc(NC(C)=O)c1. The highest BCUT2D eigenvalue weighted by Gasteiger charge is 2.12. The van der Waals surface area contributed by atoms with Gasteiger partial charge in [0.05, 0.1) is 12.8 Å². The van der Waals surface area contributed by atoms with E-state index in [1.54, 1.807) is 42.5 Å². The zero-order valence-corrected chi connectivity index (χ0v) is 13.7. The number of carbonyl (C=O) groups is 3. The van der Waals surface area contributed by atoms with Crippen molar-refractivity contribution in [2.75, 3.05) is 17.7 Å². The number of amides is 2. The van der Waals surface area contributed by atoms with E-state index in [0.29, 0.717) is 28.3 Å². The van der Waals surface area contributed by atoms with Crippen LogP contribution in [0.25, 0.3) is 0 Å². The summed E-state index contributed by atoms with van der Waals surface area (Å²) in [4.78, 5) is 35.1. The van der Waals surface area contributed by atoms with Gasteiger partial charge < -0.3 is 15.4 Å². The predicted octanol–water partition coefficient (Wildman–Crippen LogP) is 3.11. The second-order valence-corrected chi connectivity index (χ2v) is 5.19. The minimum Gasteiger partial charge on any atom is -0.495 e. The van der Waals surface area contributed by atoms with Gasteiger partial charge in [-0.1, -0.05) is 6.07 Å². The number of Topliss-reactive ketones (excluding diaryl/α,β-unsaturated/α-hetero) is 1. The Hall–Kier alpha value is -3.15. The van der Waals surface area contributed by atoms with E-state index in [-0.39, 0.29) is 17.6 Å². The molecule has 2 aromatic rings. The Morgan fingerprint density at radius 3 is 2.29 bits per heavy atom. The molecular weight excluding hydrogens is 308 g/mol. The minimum absolute atomic E-state index is 0.110. The maximum absolute atomic E-state index is 12.4. The van der Waals surface area contributed by atoms with Crippen LogP contribution in [0.1, 0.15) is 34.6 Å². The van der Waals surface area contributed by atoms with Crippen molar-refractivity contribution in [3.05, 3.63) is 53.6 Å². The van der Waals surface area contributed by atoms with Crippen molar-refractivity contribution >= 4 is 29.0 Å². The molecule has 0 atom stereocenters. The fraction of sp³-hybridized carbons (Fsp3) is 0.167. The van der Waals surface area contributed by atoms with E-state index in [1.807, 2.05) is 0 Å². The first-order valence-electron chi connectivity index (χ1n) is 7.28. The highest BCUT2D eigenvalue weighted by Crippen LogP contribution is 2.26. The maximum Gasteiger partial charge on any atom is 0.255 e. The summed E-state index contributed by atoms with van der Waals surface area (Å²) in [6.45, 7) is 2.84. The lowest BCUT2D eigenvalue weighted by Crippen LogP contribution is -2.14. The van der Waals surface area contributed by atoms with Crippen LogP contribution in [0.4, 0.5) is 11.4 Å². The largest absolute Gasteiger partial charge is 0.495 e. The van der Waals surface area contributed by atoms with Gasteiger partial charge in [0, 0.05) is 23.7 Å². The fourth-order valence-corrected chi connectivity index (χ4v) is 2.16. The number of ketones is 1. The fourth-order valence-electron chi connectivity index (χ4n) is 2.16. The van der Waals surface area contributed by atoms with Crippen LogP contribution in [0.15, 0.2) is 42.5 Å². The third-order valence-corrected chi connectivity index (χ3v) is 3.30. The smallest absolute Gasteiger partial charge is 0.255 e. The number of anilines is 2. The first-order valence-corrected chi connectivity index (χ1v) is 7.28. The Balaban J connectivity index is 2.27. The van der Waals surface area contributed by atoms with E-state index in [1.165, 1.54) is 21.0 Å². The van der Waals surface area contributed by atoms with Crippen LogP contribution < -0.4 is 15.4 Å². The Morgan fingerprint density at radius 1 is 0.917 bits per heavy atom. The molecule has 124 valence electrons. The van der Waals surface area contributed by atoms with E-state index >= 15 is 0 Å². The zero-order valence-electron chi connectivity index (χ0n) is 13.7. The Morgan fingerprint density at radius 2 is 1.67 bits per heavy atom. The van der Waals surface area contributed by atoms with E-state index in [9.17, 15) is 14.4 Å². The third kappa shape index (κ3) is 4.19. The highest BCUT2D eigenvalue weighted by atomic mass is 16.5. The molecule has 0 saturated heterocycles. The van der Waals surface area contributed by atoms with Gasteiger partial charge in [-0.2, -0.15) is 0 Å². The van der Waals surface area contributed by atoms with Crippen LogP contribution in [-0.2, 0) is 4.79 Å². The molecule has 2 aromatic carbocycles. The topological polar surface area (TPSA) is 84.5 Å². The monoisotopic (exact) mass is 326 g/mol. The van der Waals surface area contributed by atoms with Crippen LogP contribution in [0.2, 0.25) is 0 Å². The van der Waals surface area contributed by atoms with Gasteiger partial charge in [0.25, 0.3) is 5.91 Å². The molecule has 2 N–H and O–H groups in total. The average Bonchev–Trinajstić information content (AvgIpc) is 2.54. The average molecular weight is 326 g/mol. The summed E-state index contributed by atoms with van der Waals surface area (Å²) >= 11 is 0. The number of rotatable bonds is 5. The number of carbonyl (C=O) groups excluding carboxylic acids is 3. The lowest BCUT2D eigenvalue weighted by Gasteiger charge is -2.12. The zero-order chi connectivity index (χ0) is 17.7. The lowest BCUT2D eigenvalue weighted by atomic mass is 10.1. The summed E-state index contributed by atoms with van der Waals surface area (Å²) in [7, 11) is 1.48. The summed E-state index contributed by atoms with van der Waals surface area (Å²) in [6, 6.07) is 11.4. The predicted molar refractivity (Wildman–Crippen MR) is 91.7 cm³/mol. The van der Waals surface area contributed by atoms with Crippen molar-refractivity contribution in [3.8, 4) is 5.75 Å². The molecule has 0 radical (unpaired) electrons. The molecule has 0 aliphatic heterocycles. The molecule has 0 aliphatic carbocycles. The number of hydrogen-bond acceptors (Lipinski definition) is 4. The molecule has 0 heterocycles. The summed E-state index contributed by atoms with van der Waals surface area (Å²) in [5, 5.41) is 5.35. The maximum atomic E-state index is 12.4. The number of hydrogen-bond donors (Lipinski definition) is 2. The third-order valence-electron chi connectivity index (χ3n) is 3.30. The normalized spacial score (nSPS) is 9.96. The molecule has 6 heteroatoms. The van der Waals surface area contributed by atoms with Gasteiger partial charge in [-0.15, -0.1) is 0 Å². The summed E-state index contributed by atoms with van der Waals surface area (Å²) in [5.41, 5.74) is 1.77. The molecule has 0 fully saturated rings. The van der Waals surface area contributed by atoms with Crippen molar-refractivity contribution in [2.45, 2.75) is 13.8 Å². The molecule has 6 nitrogen and oxygen atoms in total. The summed E-state index contributed by atoms with van der Waals surface area (Å²) in [6.07, 6.45) is 0. The molecule has 2 amide bonds. The molecule has 0 unspecified atom stereocenters. The lowest BCUT2D eigenvalue weighted by molar-refractivity contribution is -0.114. The van der Waals surface area contributed by atoms with Crippen molar-refractivity contribution in [1.82, 2.24) is 0 Å². The first kappa shape index (κ1) is 17.2. The number of benzene rings is 2. The van der Waals surface area contributed by atoms with Crippen molar-refractivity contribution in [3.63, 3.8) is 0 Å². The second kappa shape index (κ2) is 7.41. The molecule has 0 bridgehead atoms. The van der Waals surface area contributed by atoms with E-state index in [4.69, 9.17) is 4.74 Å². The highest BCUT2D eigenvalue weighted by molar-refractivity contribution is 6.07. The molecule has 24 heavy (non-hydrogen) atoms. The van der Waals surface area contributed by atoms with Gasteiger partial charge in [0.1, 0.15) is 5.75 Å². The Labute approximate surface area is 139 Å². The molecule has 0 aromatic heterocycles. The molecule has 2 rings (SSSR count). The van der Waals surface area contributed by atoms with Gasteiger partial charge in [-0.3, -0.25) is 14.4 Å². The van der Waals surface area contributed by atoms with Crippen LogP contribution in [0, 0.1) is 0 Å². The molecule has 0 aliphatic rings. The number of ether oxygens (including phenoxy) is 1. The minimum atomic E-state index is -0.374. The van der Waals surface area contributed by atoms with Crippen LogP contribution in [0.5, 0.6) is 5.75 Å². The molecular formula is C18H18N2O4. The molecule has 0 spiro atoms. The van der Waals surface area contributed by atoms with Gasteiger partial charge in [0.2, 0.25) is 5.91 Å². The summed E-state index contributed by atoms with van der Waals surface area (Å²) < 4.78 is 5.21. The van der Waals surface area contributed by atoms with E-state index < -0.39 is 0 Å². The van der Waals surface area contributed by atoms with Crippen LogP contribution >= 0.6 is 0 Å². The van der Waals surface area contributed by atoms with Crippen molar-refractivity contribution < 1.29 is 19.1 Å². The van der Waals surface area contributed by atoms with Gasteiger partial charge in [-0.25, -0.2) is 0 Å². The number of nitrogens with one attached hydrogen (secondary N) is 2. The van der Waals surface area contributed by atoms with E-state index in [0.717, 1.165) is 0 Å². The van der Waals surface area contributed by atoms with Crippen molar-refractivity contribution in [1.29, 1.82) is 0 Å². The standard InChI is InChI=1S/C18H18N2O4/c1-11(21)13-7-8-17(24-3)16(10-13)20-18(23)14-5-4-6-15(9-14)19-12(2)22/h4-10H,1-3H3,(H,19,22)(H,20,23). The summed E-state index contributed by atoms with van der Waals surface area (Å²) in [5.74, 6) is -0.253. The van der Waals surface area contributed by atoms with Crippen LogP contribution in [0.3, 0.4) is 0 Å². The van der Waals surface area contributed by atoms with Crippen molar-refractivity contribution in [2.24, 2.45) is 0 Å². The first-order chi connectivity index (χ1) is 11.4. The Kier molecular flexibility index (Phi) is 5.31. The Bertz CT molecular complexity index is 799. The second-order valence-electron chi connectivity index (χ2n) is 5.19. The van der Waals surface area contributed by atoms with Gasteiger partial charge in [-0.05, 0) is 43.3 Å². The van der Waals surface area contributed by atoms with Gasteiger partial charge >= 0.3 is 0 Å². The molecule has 0 saturated carbocycles. The quantitative estimate of drug-likeness (QED) is 0.827. The van der Waals surface area contributed by atoms with Crippen LogP contribution in [-0.4, -0.2) is 24.7 Å². The number of methoxy groups -OCH3 is 1. The van der Waals surface area contributed by atoms with E-state index in [2.05, 4.69) is 10.6 Å².